The summed E-state index contributed by atoms with van der Waals surface area (Å²) in [5.74, 6) is 1.79. The molecule has 1 aliphatic carbocycles. The van der Waals surface area contributed by atoms with E-state index in [1.165, 1.54) is 0 Å². The Morgan fingerprint density at radius 1 is 1.09 bits per heavy atom. The minimum Gasteiger partial charge on any atom is -0.466 e. The van der Waals surface area contributed by atoms with Crippen LogP contribution in [0.25, 0.3) is 22.4 Å². The van der Waals surface area contributed by atoms with Crippen LogP contribution in [0, 0.1) is 5.41 Å². The molecule has 7 heteroatoms. The van der Waals surface area contributed by atoms with E-state index in [9.17, 15) is 4.79 Å². The van der Waals surface area contributed by atoms with Crippen molar-refractivity contribution in [3.8, 4) is 11.4 Å². The molecule has 1 saturated heterocycles. The van der Waals surface area contributed by atoms with Crippen molar-refractivity contribution in [3.05, 3.63) is 42.6 Å². The molecule has 180 valence electrons. The summed E-state index contributed by atoms with van der Waals surface area (Å²) in [5.41, 5.74) is 2.64. The van der Waals surface area contributed by atoms with Crippen LogP contribution in [-0.2, 0) is 14.3 Å². The summed E-state index contributed by atoms with van der Waals surface area (Å²) >= 11 is 0. The molecule has 0 atom stereocenters. The van der Waals surface area contributed by atoms with Crippen LogP contribution in [0.15, 0.2) is 42.6 Å². The lowest BCUT2D eigenvalue weighted by Gasteiger charge is -2.38. The number of fused-ring (bicyclic) bond motifs is 1. The molecule has 2 fully saturated rings. The van der Waals surface area contributed by atoms with Crippen LogP contribution >= 0.6 is 0 Å². The molecule has 0 spiro atoms. The first-order valence-electron chi connectivity index (χ1n) is 12.5. The maximum absolute atomic E-state index is 12.3. The predicted molar refractivity (Wildman–Crippen MR) is 133 cm³/mol. The highest BCUT2D eigenvalue weighted by Gasteiger charge is 2.39. The Morgan fingerprint density at radius 3 is 2.50 bits per heavy atom. The fourth-order valence-corrected chi connectivity index (χ4v) is 5.17. The summed E-state index contributed by atoms with van der Waals surface area (Å²) in [5, 5.41) is 0. The van der Waals surface area contributed by atoms with E-state index in [-0.39, 0.29) is 23.6 Å². The first-order valence-corrected chi connectivity index (χ1v) is 12.5. The van der Waals surface area contributed by atoms with Crippen molar-refractivity contribution in [1.29, 1.82) is 0 Å². The largest absolute Gasteiger partial charge is 0.466 e. The number of benzene rings is 1. The molecule has 1 saturated carbocycles. The van der Waals surface area contributed by atoms with Crippen molar-refractivity contribution < 1.29 is 14.3 Å². The normalized spacial score (nSPS) is 23.8. The van der Waals surface area contributed by atoms with Crippen molar-refractivity contribution in [3.63, 3.8) is 0 Å². The van der Waals surface area contributed by atoms with Gasteiger partial charge < -0.3 is 19.4 Å². The maximum Gasteiger partial charge on any atom is 0.311 e. The third-order valence-corrected chi connectivity index (χ3v) is 7.37. The number of aromatic amines is 1. The molecule has 1 aromatic carbocycles. The SMILES string of the molecule is CCOC(=O)C1(C)CCC(OC2CCN(c3ccc(-c4nc5ccccc5[nH]4)cn3)CC2)CC1. The van der Waals surface area contributed by atoms with Gasteiger partial charge in [-0.15, -0.1) is 0 Å². The van der Waals surface area contributed by atoms with E-state index in [1.54, 1.807) is 0 Å². The standard InChI is InChI=1S/C27H34N4O3/c1-3-33-26(32)27(2)14-10-20(11-15-27)34-21-12-16-31(17-13-21)24-9-8-19(18-28-24)25-29-22-6-4-5-7-23(22)30-25/h4-9,18,20-21H,3,10-17H2,1-2H3,(H,29,30). The highest BCUT2D eigenvalue weighted by molar-refractivity contribution is 5.79. The fourth-order valence-electron chi connectivity index (χ4n) is 5.17. The Labute approximate surface area is 200 Å². The Kier molecular flexibility index (Phi) is 6.55. The summed E-state index contributed by atoms with van der Waals surface area (Å²) in [6.45, 7) is 6.23. The first kappa shape index (κ1) is 22.8. The van der Waals surface area contributed by atoms with E-state index in [2.05, 4.69) is 27.0 Å². The van der Waals surface area contributed by atoms with E-state index in [1.807, 2.05) is 44.3 Å². The number of nitrogens with zero attached hydrogens (tertiary/aromatic N) is 3. The highest BCUT2D eigenvalue weighted by atomic mass is 16.5. The summed E-state index contributed by atoms with van der Waals surface area (Å²) < 4.78 is 11.7. The second-order valence-corrected chi connectivity index (χ2v) is 9.81. The maximum atomic E-state index is 12.3. The van der Waals surface area contributed by atoms with Gasteiger partial charge in [-0.25, -0.2) is 9.97 Å². The van der Waals surface area contributed by atoms with Crippen LogP contribution in [0.3, 0.4) is 0 Å². The number of carbonyl (C=O) groups is 1. The zero-order valence-electron chi connectivity index (χ0n) is 20.1. The second-order valence-electron chi connectivity index (χ2n) is 9.81. The summed E-state index contributed by atoms with van der Waals surface area (Å²) in [7, 11) is 0. The average Bonchev–Trinajstić information content (AvgIpc) is 3.31. The summed E-state index contributed by atoms with van der Waals surface area (Å²) in [6, 6.07) is 12.2. The minimum absolute atomic E-state index is 0.0550. The number of imidazole rings is 1. The molecule has 1 N–H and O–H groups in total. The van der Waals surface area contributed by atoms with Crippen molar-refractivity contribution in [2.75, 3.05) is 24.6 Å². The quantitative estimate of drug-likeness (QED) is 0.512. The lowest BCUT2D eigenvalue weighted by molar-refractivity contribution is -0.159. The molecule has 3 heterocycles. The van der Waals surface area contributed by atoms with Gasteiger partial charge >= 0.3 is 5.97 Å². The van der Waals surface area contributed by atoms with E-state index >= 15 is 0 Å². The number of nitrogens with one attached hydrogen (secondary N) is 1. The Bertz CT molecular complexity index is 1080. The molecule has 2 aliphatic rings. The van der Waals surface area contributed by atoms with Gasteiger partial charge in [0, 0.05) is 24.8 Å². The molecule has 34 heavy (non-hydrogen) atoms. The number of hydrogen-bond donors (Lipinski definition) is 1. The van der Waals surface area contributed by atoms with Crippen molar-refractivity contribution >= 4 is 22.8 Å². The number of hydrogen-bond acceptors (Lipinski definition) is 6. The number of esters is 1. The number of H-pyrrole nitrogens is 1. The van der Waals surface area contributed by atoms with Crippen LogP contribution in [-0.4, -0.2) is 52.8 Å². The average molecular weight is 463 g/mol. The van der Waals surface area contributed by atoms with E-state index < -0.39 is 0 Å². The third kappa shape index (κ3) is 4.80. The number of piperidine rings is 1. The molecule has 0 unspecified atom stereocenters. The number of anilines is 1. The van der Waals surface area contributed by atoms with Crippen molar-refractivity contribution in [2.24, 2.45) is 5.41 Å². The Balaban J connectivity index is 1.11. The zero-order chi connectivity index (χ0) is 23.5. The lowest BCUT2D eigenvalue weighted by Crippen LogP contribution is -2.41. The van der Waals surface area contributed by atoms with Crippen LogP contribution in [0.4, 0.5) is 5.82 Å². The number of carbonyl (C=O) groups excluding carboxylic acids is 1. The number of ether oxygens (including phenoxy) is 2. The van der Waals surface area contributed by atoms with Gasteiger partial charge in [-0.2, -0.15) is 0 Å². The summed E-state index contributed by atoms with van der Waals surface area (Å²) in [6.07, 6.45) is 7.98. The third-order valence-electron chi connectivity index (χ3n) is 7.37. The topological polar surface area (TPSA) is 80.3 Å². The molecular weight excluding hydrogens is 428 g/mol. The summed E-state index contributed by atoms with van der Waals surface area (Å²) in [4.78, 5) is 27.3. The zero-order valence-corrected chi connectivity index (χ0v) is 20.1. The Morgan fingerprint density at radius 2 is 1.82 bits per heavy atom. The molecule has 0 amide bonds. The first-order chi connectivity index (χ1) is 16.5. The van der Waals surface area contributed by atoms with Gasteiger partial charge in [0.05, 0.1) is 35.3 Å². The lowest BCUT2D eigenvalue weighted by atomic mass is 9.74. The van der Waals surface area contributed by atoms with Gasteiger partial charge in [0.25, 0.3) is 0 Å². The molecule has 0 bridgehead atoms. The molecular formula is C27H34N4O3. The van der Waals surface area contributed by atoms with Crippen molar-refractivity contribution in [1.82, 2.24) is 15.0 Å². The van der Waals surface area contributed by atoms with Crippen LogP contribution < -0.4 is 4.90 Å². The van der Waals surface area contributed by atoms with Crippen LogP contribution in [0.1, 0.15) is 52.4 Å². The fraction of sp³-hybridized carbons (Fsp3) is 0.519. The van der Waals surface area contributed by atoms with Crippen molar-refractivity contribution in [2.45, 2.75) is 64.6 Å². The van der Waals surface area contributed by atoms with Gasteiger partial charge in [-0.1, -0.05) is 12.1 Å². The molecule has 5 rings (SSSR count). The van der Waals surface area contributed by atoms with Gasteiger partial charge in [0.1, 0.15) is 11.6 Å². The molecule has 7 nitrogen and oxygen atoms in total. The van der Waals surface area contributed by atoms with Gasteiger partial charge in [0.15, 0.2) is 0 Å². The predicted octanol–water partition coefficient (Wildman–Crippen LogP) is 5.12. The van der Waals surface area contributed by atoms with Gasteiger partial charge in [-0.3, -0.25) is 4.79 Å². The molecule has 0 radical (unpaired) electrons. The minimum atomic E-state index is -0.348. The monoisotopic (exact) mass is 462 g/mol. The highest BCUT2D eigenvalue weighted by Crippen LogP contribution is 2.39. The number of para-hydroxylation sites is 2. The molecule has 2 aromatic heterocycles. The van der Waals surface area contributed by atoms with Gasteiger partial charge in [0.2, 0.25) is 0 Å². The van der Waals surface area contributed by atoms with E-state index in [0.717, 1.165) is 79.9 Å². The van der Waals surface area contributed by atoms with Crippen LogP contribution in [0.2, 0.25) is 0 Å². The second kappa shape index (κ2) is 9.74. The molecule has 3 aromatic rings. The van der Waals surface area contributed by atoms with E-state index in [4.69, 9.17) is 14.5 Å². The smallest absolute Gasteiger partial charge is 0.311 e. The number of aromatic nitrogens is 3. The Hall–Kier alpha value is -2.93. The molecule has 1 aliphatic heterocycles. The van der Waals surface area contributed by atoms with Gasteiger partial charge in [-0.05, 0) is 76.6 Å². The van der Waals surface area contributed by atoms with Crippen LogP contribution in [0.5, 0.6) is 0 Å². The number of rotatable bonds is 6. The number of pyridine rings is 1. The van der Waals surface area contributed by atoms with E-state index in [0.29, 0.717) is 6.61 Å².